The Morgan fingerprint density at radius 3 is 3.00 bits per heavy atom. The molecule has 1 fully saturated rings. The van der Waals surface area contributed by atoms with Gasteiger partial charge in [-0.2, -0.15) is 5.10 Å². The molecular weight excluding hydrogens is 418 g/mol. The first-order chi connectivity index (χ1) is 15.0. The standard InChI is InChI=1S/C19H27N9O2S/c1-4-13-9-14(26-31(29,30)8-7-27(21-3)12-20-2)10-15(13)19-25-24-17-11-23-18-16(28(17)19)5-6-22-18/h5-6,11-15,22,26H,3-4,7-10H2,1-2H3/b20-12-/t13-,14+,15+/m1/s1. The number of aromatic amines is 1. The Morgan fingerprint density at radius 1 is 1.42 bits per heavy atom. The van der Waals surface area contributed by atoms with E-state index in [2.05, 4.69) is 48.6 Å². The normalized spacial score (nSPS) is 22.1. The predicted octanol–water partition coefficient (Wildman–Crippen LogP) is 1.37. The van der Waals surface area contributed by atoms with E-state index in [1.54, 1.807) is 13.2 Å². The van der Waals surface area contributed by atoms with E-state index in [0.717, 1.165) is 29.8 Å². The number of hydrogen-bond donors (Lipinski definition) is 2. The van der Waals surface area contributed by atoms with Gasteiger partial charge in [0.15, 0.2) is 11.3 Å². The number of nitrogens with zero attached hydrogens (tertiary/aromatic N) is 7. The Hall–Kier alpha value is -2.86. The molecule has 4 rings (SSSR count). The number of hydrogen-bond acceptors (Lipinski definition) is 7. The topological polar surface area (TPSA) is 133 Å². The third kappa shape index (κ3) is 4.30. The van der Waals surface area contributed by atoms with Gasteiger partial charge in [0.2, 0.25) is 10.0 Å². The lowest BCUT2D eigenvalue weighted by Gasteiger charge is -2.16. The molecule has 1 saturated carbocycles. The molecule has 3 atom stereocenters. The summed E-state index contributed by atoms with van der Waals surface area (Å²) < 4.78 is 30.2. The van der Waals surface area contributed by atoms with E-state index in [-0.39, 0.29) is 24.3 Å². The lowest BCUT2D eigenvalue weighted by atomic mass is 9.93. The van der Waals surface area contributed by atoms with E-state index in [1.807, 2.05) is 16.7 Å². The van der Waals surface area contributed by atoms with Crippen molar-refractivity contribution in [2.45, 2.75) is 38.1 Å². The van der Waals surface area contributed by atoms with Gasteiger partial charge < -0.3 is 4.98 Å². The first-order valence-corrected chi connectivity index (χ1v) is 11.9. The van der Waals surface area contributed by atoms with Crippen LogP contribution >= 0.6 is 0 Å². The van der Waals surface area contributed by atoms with Gasteiger partial charge in [-0.05, 0) is 24.8 Å². The van der Waals surface area contributed by atoms with Crippen LogP contribution < -0.4 is 4.72 Å². The average molecular weight is 446 g/mol. The molecule has 1 aliphatic rings. The van der Waals surface area contributed by atoms with Crippen molar-refractivity contribution < 1.29 is 8.42 Å². The highest BCUT2D eigenvalue weighted by Gasteiger charge is 2.38. The maximum absolute atomic E-state index is 12.7. The van der Waals surface area contributed by atoms with E-state index in [0.29, 0.717) is 18.0 Å². The quantitative estimate of drug-likeness (QED) is 0.290. The minimum Gasteiger partial charge on any atom is -0.345 e. The largest absolute Gasteiger partial charge is 0.345 e. The van der Waals surface area contributed by atoms with Crippen LogP contribution in [0.25, 0.3) is 16.8 Å². The molecule has 0 aliphatic heterocycles. The number of rotatable bonds is 9. The third-order valence-corrected chi connectivity index (χ3v) is 7.30. The molecule has 3 aromatic rings. The van der Waals surface area contributed by atoms with Gasteiger partial charge in [-0.3, -0.25) is 14.4 Å². The highest BCUT2D eigenvalue weighted by Crippen LogP contribution is 2.41. The molecule has 31 heavy (non-hydrogen) atoms. The maximum atomic E-state index is 12.7. The van der Waals surface area contributed by atoms with E-state index in [9.17, 15) is 8.42 Å². The highest BCUT2D eigenvalue weighted by atomic mass is 32.2. The molecule has 3 heterocycles. The smallest absolute Gasteiger partial charge is 0.213 e. The molecule has 166 valence electrons. The number of nitrogens with one attached hydrogen (secondary N) is 2. The van der Waals surface area contributed by atoms with Crippen LogP contribution in [0.1, 0.15) is 37.9 Å². The SMILES string of the molecule is C=NN(/C=N\C)CCS(=O)(=O)N[C@H]1C[C@@H](CC)[C@@H](c2nnc3cnc4[nH]ccc4n23)C1. The van der Waals surface area contributed by atoms with Crippen molar-refractivity contribution in [2.24, 2.45) is 16.0 Å². The van der Waals surface area contributed by atoms with E-state index in [1.165, 1.54) is 11.3 Å². The van der Waals surface area contributed by atoms with Crippen molar-refractivity contribution in [3.05, 3.63) is 24.3 Å². The molecule has 2 N–H and O–H groups in total. The van der Waals surface area contributed by atoms with Gasteiger partial charge in [0, 0.05) is 31.9 Å². The Labute approximate surface area is 180 Å². The van der Waals surface area contributed by atoms with Crippen LogP contribution in [-0.2, 0) is 10.0 Å². The van der Waals surface area contributed by atoms with E-state index < -0.39 is 10.0 Å². The van der Waals surface area contributed by atoms with Gasteiger partial charge in [0.05, 0.1) is 24.0 Å². The van der Waals surface area contributed by atoms with Gasteiger partial charge in [-0.25, -0.2) is 18.1 Å². The van der Waals surface area contributed by atoms with E-state index >= 15 is 0 Å². The first kappa shape index (κ1) is 21.4. The summed E-state index contributed by atoms with van der Waals surface area (Å²) in [5.74, 6) is 1.18. The third-order valence-electron chi connectivity index (χ3n) is 5.88. The summed E-state index contributed by atoms with van der Waals surface area (Å²) >= 11 is 0. The van der Waals surface area contributed by atoms with Gasteiger partial charge in [-0.15, -0.1) is 10.2 Å². The van der Waals surface area contributed by atoms with Crippen molar-refractivity contribution in [3.8, 4) is 0 Å². The summed E-state index contributed by atoms with van der Waals surface area (Å²) in [5, 5.41) is 13.9. The van der Waals surface area contributed by atoms with Crippen molar-refractivity contribution in [2.75, 3.05) is 19.3 Å². The van der Waals surface area contributed by atoms with Crippen LogP contribution in [0.4, 0.5) is 0 Å². The van der Waals surface area contributed by atoms with Gasteiger partial charge in [0.25, 0.3) is 0 Å². The summed E-state index contributed by atoms with van der Waals surface area (Å²) in [4.78, 5) is 11.3. The second-order valence-corrected chi connectivity index (χ2v) is 9.65. The van der Waals surface area contributed by atoms with Crippen molar-refractivity contribution in [3.63, 3.8) is 0 Å². The monoisotopic (exact) mass is 445 g/mol. The molecule has 0 unspecified atom stereocenters. The van der Waals surface area contributed by atoms with Crippen molar-refractivity contribution in [1.82, 2.24) is 34.3 Å². The molecular formula is C19H27N9O2S. The minimum absolute atomic E-state index is 0.0838. The molecule has 1 aliphatic carbocycles. The fourth-order valence-electron chi connectivity index (χ4n) is 4.45. The maximum Gasteiger partial charge on any atom is 0.213 e. The summed E-state index contributed by atoms with van der Waals surface area (Å²) in [6.45, 7) is 5.75. The average Bonchev–Trinajstić information content (AvgIpc) is 3.47. The molecule has 12 heteroatoms. The zero-order valence-electron chi connectivity index (χ0n) is 17.6. The molecule has 0 bridgehead atoms. The van der Waals surface area contributed by atoms with Gasteiger partial charge >= 0.3 is 0 Å². The summed E-state index contributed by atoms with van der Waals surface area (Å²) in [7, 11) is -1.88. The number of fused-ring (bicyclic) bond motifs is 3. The highest BCUT2D eigenvalue weighted by molar-refractivity contribution is 7.89. The molecule has 0 amide bonds. The van der Waals surface area contributed by atoms with Crippen LogP contribution in [-0.4, -0.2) is 76.4 Å². The predicted molar refractivity (Wildman–Crippen MR) is 120 cm³/mol. The number of sulfonamides is 1. The van der Waals surface area contributed by atoms with Gasteiger partial charge in [-0.1, -0.05) is 13.3 Å². The lowest BCUT2D eigenvalue weighted by Crippen LogP contribution is -2.37. The van der Waals surface area contributed by atoms with Crippen LogP contribution in [0.15, 0.2) is 28.6 Å². The number of aliphatic imine (C=N–C) groups is 1. The summed E-state index contributed by atoms with van der Waals surface area (Å²) in [5.41, 5.74) is 2.38. The zero-order chi connectivity index (χ0) is 22.0. The zero-order valence-corrected chi connectivity index (χ0v) is 18.5. The second kappa shape index (κ2) is 8.71. The number of H-pyrrole nitrogens is 1. The summed E-state index contributed by atoms with van der Waals surface area (Å²) in [6, 6.07) is 1.80. The van der Waals surface area contributed by atoms with Crippen LogP contribution in [0.3, 0.4) is 0 Å². The molecule has 11 nitrogen and oxygen atoms in total. The first-order valence-electron chi connectivity index (χ1n) is 10.3. The van der Waals surface area contributed by atoms with Crippen LogP contribution in [0.2, 0.25) is 0 Å². The molecule has 0 radical (unpaired) electrons. The fraction of sp³-hybridized carbons (Fsp3) is 0.526. The van der Waals surface area contributed by atoms with Crippen molar-refractivity contribution >= 4 is 39.9 Å². The summed E-state index contributed by atoms with van der Waals surface area (Å²) in [6.07, 6.45) is 7.36. The Kier molecular flexibility index (Phi) is 6.01. The van der Waals surface area contributed by atoms with Crippen LogP contribution in [0.5, 0.6) is 0 Å². The Balaban J connectivity index is 1.53. The lowest BCUT2D eigenvalue weighted by molar-refractivity contribution is 0.448. The molecule has 3 aromatic heterocycles. The van der Waals surface area contributed by atoms with Crippen LogP contribution in [0, 0.1) is 5.92 Å². The molecule has 0 saturated heterocycles. The fourth-order valence-corrected chi connectivity index (χ4v) is 5.70. The second-order valence-electron chi connectivity index (χ2n) is 7.78. The van der Waals surface area contributed by atoms with Crippen molar-refractivity contribution in [1.29, 1.82) is 0 Å². The van der Waals surface area contributed by atoms with E-state index in [4.69, 9.17) is 0 Å². The molecule has 0 spiro atoms. The number of hydrazone groups is 1. The Bertz CT molecular complexity index is 1200. The minimum atomic E-state index is -3.48. The Morgan fingerprint density at radius 2 is 2.26 bits per heavy atom. The van der Waals surface area contributed by atoms with Gasteiger partial charge in [0.1, 0.15) is 12.2 Å². The number of aromatic nitrogens is 5. The molecule has 0 aromatic carbocycles.